The Labute approximate surface area is 567 Å². The molecule has 9 N–H and O–H groups in total. The molecule has 0 saturated carbocycles. The molecule has 0 aromatic heterocycles. The van der Waals surface area contributed by atoms with Crippen LogP contribution < -0.4 is 5.32 Å². The number of allylic oxidation sites excluding steroid dienone is 13. The van der Waals surface area contributed by atoms with Gasteiger partial charge in [0.2, 0.25) is 5.91 Å². The summed E-state index contributed by atoms with van der Waals surface area (Å²) in [5.74, 6) is -0.253. The molecule has 2 aliphatic heterocycles. The lowest BCUT2D eigenvalue weighted by Gasteiger charge is -2.46. The first kappa shape index (κ1) is 86.3. The minimum atomic E-state index is -1.80. The van der Waals surface area contributed by atoms with E-state index in [0.717, 1.165) is 70.6 Å². The van der Waals surface area contributed by atoms with Crippen molar-refractivity contribution < 1.29 is 64.6 Å². The topological polar surface area (TPSA) is 228 Å². The Balaban J connectivity index is 1.67. The van der Waals surface area contributed by atoms with Crippen LogP contribution in [0, 0.1) is 0 Å². The molecule has 93 heavy (non-hydrogen) atoms. The number of rotatable bonds is 63. The van der Waals surface area contributed by atoms with Gasteiger partial charge in [0.25, 0.3) is 0 Å². The lowest BCUT2D eigenvalue weighted by Crippen LogP contribution is -2.65. The van der Waals surface area contributed by atoms with E-state index in [0.29, 0.717) is 12.8 Å². The SMILES string of the molecule is CC/C=C\C/C=C\C/C=C\C/C=C\CCCCCCCCCCCCCCCCC(=O)NC(COC1OC(CO)C(OC2OC(CO)C(O)C(O)C2O)C(O)C1O)C(O)/C=C/CC/C=C/CC/C=C/CCCCCCCCCCCCCCCCCCCCCCCC. The molecule has 2 rings (SSSR count). The summed E-state index contributed by atoms with van der Waals surface area (Å²) in [4.78, 5) is 13.4. The summed E-state index contributed by atoms with van der Waals surface area (Å²) in [6.45, 7) is 2.70. The van der Waals surface area contributed by atoms with Gasteiger partial charge in [0, 0.05) is 6.42 Å². The molecule has 0 aliphatic carbocycles. The Bertz CT molecular complexity index is 1890. The number of ether oxygens (including phenoxy) is 4. The van der Waals surface area contributed by atoms with Crippen molar-refractivity contribution >= 4 is 5.91 Å². The maximum atomic E-state index is 13.4. The van der Waals surface area contributed by atoms with Crippen molar-refractivity contribution in [3.05, 3.63) is 85.1 Å². The summed E-state index contributed by atoms with van der Waals surface area (Å²) in [5.41, 5.74) is 0. The Morgan fingerprint density at radius 1 is 0.398 bits per heavy atom. The maximum absolute atomic E-state index is 13.4. The lowest BCUT2D eigenvalue weighted by molar-refractivity contribution is -0.359. The van der Waals surface area contributed by atoms with Gasteiger partial charge in [0.1, 0.15) is 48.8 Å². The lowest BCUT2D eigenvalue weighted by atomic mass is 9.97. The second kappa shape index (κ2) is 62.7. The molecule has 2 aliphatic rings. The number of aliphatic hydroxyl groups is 8. The number of unbranched alkanes of at least 4 members (excludes halogenated alkanes) is 38. The number of aliphatic hydroxyl groups excluding tert-OH is 8. The first-order valence-corrected chi connectivity index (χ1v) is 38.3. The summed E-state index contributed by atoms with van der Waals surface area (Å²) < 4.78 is 22.9. The quantitative estimate of drug-likeness (QED) is 0.0204. The van der Waals surface area contributed by atoms with Crippen LogP contribution in [0.25, 0.3) is 0 Å². The van der Waals surface area contributed by atoms with Crippen molar-refractivity contribution in [2.24, 2.45) is 0 Å². The molecule has 2 saturated heterocycles. The molecule has 0 bridgehead atoms. The van der Waals surface area contributed by atoms with E-state index in [2.05, 4.69) is 92.1 Å². The highest BCUT2D eigenvalue weighted by Crippen LogP contribution is 2.30. The summed E-state index contributed by atoms with van der Waals surface area (Å²) in [5, 5.41) is 87.6. The zero-order chi connectivity index (χ0) is 67.3. The van der Waals surface area contributed by atoms with Crippen molar-refractivity contribution in [2.75, 3.05) is 19.8 Å². The molecule has 0 aromatic rings. The Kier molecular flexibility index (Phi) is 58.1. The Morgan fingerprint density at radius 2 is 0.753 bits per heavy atom. The van der Waals surface area contributed by atoms with Crippen molar-refractivity contribution in [3.63, 3.8) is 0 Å². The second-order valence-corrected chi connectivity index (χ2v) is 26.7. The molecular weight excluding hydrogens is 1170 g/mol. The first-order chi connectivity index (χ1) is 45.6. The largest absolute Gasteiger partial charge is 0.394 e. The number of carbonyl (C=O) groups is 1. The number of nitrogens with one attached hydrogen (secondary N) is 1. The van der Waals surface area contributed by atoms with E-state index in [4.69, 9.17) is 18.9 Å². The van der Waals surface area contributed by atoms with Gasteiger partial charge in [-0.1, -0.05) is 311 Å². The van der Waals surface area contributed by atoms with Gasteiger partial charge in [-0.25, -0.2) is 0 Å². The maximum Gasteiger partial charge on any atom is 0.220 e. The van der Waals surface area contributed by atoms with Crippen molar-refractivity contribution in [1.29, 1.82) is 0 Å². The Morgan fingerprint density at radius 3 is 1.18 bits per heavy atom. The monoisotopic (exact) mass is 1310 g/mol. The third-order valence-electron chi connectivity index (χ3n) is 18.3. The van der Waals surface area contributed by atoms with E-state index < -0.39 is 86.8 Å². The van der Waals surface area contributed by atoms with Crippen LogP contribution in [0.4, 0.5) is 0 Å². The van der Waals surface area contributed by atoms with Gasteiger partial charge < -0.3 is 65.1 Å². The van der Waals surface area contributed by atoms with Crippen molar-refractivity contribution in [2.45, 2.75) is 389 Å². The molecular formula is C79H141NO13. The van der Waals surface area contributed by atoms with Crippen LogP contribution in [0.5, 0.6) is 0 Å². The minimum absolute atomic E-state index is 0.253. The van der Waals surface area contributed by atoms with Crippen LogP contribution >= 0.6 is 0 Å². The predicted octanol–water partition coefficient (Wildman–Crippen LogP) is 16.7. The van der Waals surface area contributed by atoms with E-state index in [1.807, 2.05) is 6.08 Å². The van der Waals surface area contributed by atoms with Crippen LogP contribution in [0.1, 0.15) is 316 Å². The summed E-state index contributed by atoms with van der Waals surface area (Å²) in [7, 11) is 0. The number of carbonyl (C=O) groups excluding carboxylic acids is 1. The molecule has 2 fully saturated rings. The van der Waals surface area contributed by atoms with Gasteiger partial charge in [-0.2, -0.15) is 0 Å². The molecule has 0 spiro atoms. The molecule has 1 amide bonds. The standard InChI is InChI=1S/C79H141NO13/c1-3-5-7-9-11-13-15-17-19-21-23-25-27-29-31-32-33-34-35-37-38-40-42-44-46-48-50-52-54-56-58-60-62-68(83)67(66-90-78-76(89)74(87)77(70(65-82)92-78)93-79-75(88)73(86)72(85)69(64-81)91-79)80-71(84)63-61-59-57-55-53-51-49-47-45-43-41-39-36-30-28-26-24-22-20-18-16-14-12-10-8-6-4-2/h6,8,12,14,18,20,24,26,44,46,52,54,60,62,67-70,72-79,81-83,85-89H,3-5,7,9-11,13,15-17,19,21-23,25,27-43,45,47-51,53,55-59,61,63-66H2,1-2H3,(H,80,84)/b8-6-,14-12-,20-18-,26-24-,46-44+,54-52+,62-60+. The molecule has 0 radical (unpaired) electrons. The Hall–Kier alpha value is -2.83. The first-order valence-electron chi connectivity index (χ1n) is 38.3. The average molecular weight is 1310 g/mol. The molecule has 540 valence electrons. The summed E-state index contributed by atoms with van der Waals surface area (Å²) >= 11 is 0. The summed E-state index contributed by atoms with van der Waals surface area (Å²) in [6, 6.07) is -0.945. The predicted molar refractivity (Wildman–Crippen MR) is 383 cm³/mol. The number of hydrogen-bond acceptors (Lipinski definition) is 13. The van der Waals surface area contributed by atoms with Crippen molar-refractivity contribution in [1.82, 2.24) is 5.32 Å². The zero-order valence-corrected chi connectivity index (χ0v) is 59.0. The number of hydrogen-bond donors (Lipinski definition) is 9. The molecule has 14 nitrogen and oxygen atoms in total. The number of amides is 1. The van der Waals surface area contributed by atoms with E-state index >= 15 is 0 Å². The molecule has 14 heteroatoms. The smallest absolute Gasteiger partial charge is 0.220 e. The van der Waals surface area contributed by atoms with Crippen LogP contribution in [0.2, 0.25) is 0 Å². The highest BCUT2D eigenvalue weighted by Gasteiger charge is 2.51. The van der Waals surface area contributed by atoms with Gasteiger partial charge in [0.15, 0.2) is 12.6 Å². The van der Waals surface area contributed by atoms with E-state index in [9.17, 15) is 45.6 Å². The normalized spacial score (nSPS) is 23.0. The van der Waals surface area contributed by atoms with Gasteiger partial charge in [-0.15, -0.1) is 0 Å². The average Bonchev–Trinajstić information content (AvgIpc) is 0.854. The second-order valence-electron chi connectivity index (χ2n) is 26.7. The molecule has 12 atom stereocenters. The zero-order valence-electron chi connectivity index (χ0n) is 59.0. The van der Waals surface area contributed by atoms with Gasteiger partial charge in [0.05, 0.1) is 32.0 Å². The fourth-order valence-electron chi connectivity index (χ4n) is 12.3. The van der Waals surface area contributed by atoms with Crippen LogP contribution in [0.3, 0.4) is 0 Å². The third-order valence-corrected chi connectivity index (χ3v) is 18.3. The highest BCUT2D eigenvalue weighted by atomic mass is 16.7. The van der Waals surface area contributed by atoms with E-state index in [1.165, 1.54) is 212 Å². The van der Waals surface area contributed by atoms with Crippen molar-refractivity contribution in [3.8, 4) is 0 Å². The van der Waals surface area contributed by atoms with Crippen LogP contribution in [0.15, 0.2) is 85.1 Å². The van der Waals surface area contributed by atoms with Crippen LogP contribution in [-0.4, -0.2) is 140 Å². The third kappa shape index (κ3) is 46.1. The minimum Gasteiger partial charge on any atom is -0.394 e. The van der Waals surface area contributed by atoms with Gasteiger partial charge in [-0.05, 0) is 83.5 Å². The summed E-state index contributed by atoms with van der Waals surface area (Å²) in [6.07, 6.45) is 70.9. The fourth-order valence-corrected chi connectivity index (χ4v) is 12.3. The molecule has 12 unspecified atom stereocenters. The van der Waals surface area contributed by atoms with Gasteiger partial charge in [-0.3, -0.25) is 4.79 Å². The van der Waals surface area contributed by atoms with Crippen LogP contribution in [-0.2, 0) is 23.7 Å². The van der Waals surface area contributed by atoms with E-state index in [-0.39, 0.29) is 18.9 Å². The molecule has 0 aromatic carbocycles. The van der Waals surface area contributed by atoms with E-state index in [1.54, 1.807) is 6.08 Å². The molecule has 2 heterocycles. The highest BCUT2D eigenvalue weighted by molar-refractivity contribution is 5.76. The fraction of sp³-hybridized carbons (Fsp3) is 0.810. The van der Waals surface area contributed by atoms with Gasteiger partial charge >= 0.3 is 0 Å².